The lowest BCUT2D eigenvalue weighted by atomic mass is 9.86. The zero-order chi connectivity index (χ0) is 20.4. The van der Waals surface area contributed by atoms with Crippen LogP contribution in [0.4, 0.5) is 0 Å². The number of nitrogens with one attached hydrogen (secondary N) is 1. The Balaban J connectivity index is 1.46. The summed E-state index contributed by atoms with van der Waals surface area (Å²) in [6, 6.07) is 8.17. The van der Waals surface area contributed by atoms with Gasteiger partial charge in [-0.2, -0.15) is 0 Å². The van der Waals surface area contributed by atoms with Gasteiger partial charge in [0.1, 0.15) is 5.58 Å². The molecule has 1 amide bonds. The number of furan rings is 1. The zero-order valence-corrected chi connectivity index (χ0v) is 19.1. The van der Waals surface area contributed by atoms with E-state index in [0.717, 1.165) is 27.0 Å². The van der Waals surface area contributed by atoms with Crippen LogP contribution in [0.15, 0.2) is 38.3 Å². The molecule has 3 aromatic rings. The average molecular weight is 477 g/mol. The lowest BCUT2D eigenvalue weighted by Crippen LogP contribution is -2.41. The van der Waals surface area contributed by atoms with Crippen molar-refractivity contribution in [2.75, 3.05) is 5.75 Å². The molecule has 29 heavy (non-hydrogen) atoms. The molecule has 1 aliphatic carbocycles. The van der Waals surface area contributed by atoms with Crippen LogP contribution in [0.3, 0.4) is 0 Å². The van der Waals surface area contributed by atoms with Crippen molar-refractivity contribution in [3.63, 3.8) is 0 Å². The van der Waals surface area contributed by atoms with Crippen molar-refractivity contribution >= 4 is 44.6 Å². The highest BCUT2D eigenvalue weighted by Crippen LogP contribution is 2.31. The molecule has 1 N–H and O–H groups in total. The van der Waals surface area contributed by atoms with E-state index in [4.69, 9.17) is 4.42 Å². The SMILES string of the molecule is CCn1c(SCC(=O)N[C@@H]2CCCC[C@@H]2C)nnc1-c1cc2cc(Br)ccc2o1. The van der Waals surface area contributed by atoms with E-state index in [1.807, 2.05) is 35.8 Å². The minimum atomic E-state index is 0.0644. The predicted molar refractivity (Wildman–Crippen MR) is 119 cm³/mol. The van der Waals surface area contributed by atoms with Crippen LogP contribution in [0.25, 0.3) is 22.6 Å². The molecule has 0 radical (unpaired) electrons. The number of hydrogen-bond donors (Lipinski definition) is 1. The predicted octanol–water partition coefficient (Wildman–Crippen LogP) is 5.26. The van der Waals surface area contributed by atoms with E-state index in [1.165, 1.54) is 31.0 Å². The number of rotatable bonds is 6. The van der Waals surface area contributed by atoms with Crippen molar-refractivity contribution in [3.05, 3.63) is 28.7 Å². The number of nitrogens with zero attached hydrogens (tertiary/aromatic N) is 3. The number of fused-ring (bicyclic) bond motifs is 1. The molecule has 154 valence electrons. The molecular formula is C21H25BrN4O2S. The minimum absolute atomic E-state index is 0.0644. The van der Waals surface area contributed by atoms with Crippen molar-refractivity contribution in [3.8, 4) is 11.6 Å². The molecule has 2 aromatic heterocycles. The summed E-state index contributed by atoms with van der Waals surface area (Å²) in [4.78, 5) is 12.4. The molecule has 1 aromatic carbocycles. The normalized spacial score (nSPS) is 19.6. The first-order valence-corrected chi connectivity index (χ1v) is 11.9. The van der Waals surface area contributed by atoms with E-state index < -0.39 is 0 Å². The summed E-state index contributed by atoms with van der Waals surface area (Å²) in [6.07, 6.45) is 4.74. The van der Waals surface area contributed by atoms with Gasteiger partial charge in [-0.05, 0) is 49.9 Å². The number of carbonyl (C=O) groups is 1. The van der Waals surface area contributed by atoms with Gasteiger partial charge in [0, 0.05) is 22.4 Å². The van der Waals surface area contributed by atoms with Crippen molar-refractivity contribution in [2.45, 2.75) is 57.3 Å². The molecule has 0 spiro atoms. The molecule has 0 saturated heterocycles. The number of benzene rings is 1. The van der Waals surface area contributed by atoms with E-state index >= 15 is 0 Å². The van der Waals surface area contributed by atoms with Gasteiger partial charge < -0.3 is 9.73 Å². The number of thioether (sulfide) groups is 1. The standard InChI is InChI=1S/C21H25BrN4O2S/c1-3-26-20(18-11-14-10-15(22)8-9-17(14)28-18)24-25-21(26)29-12-19(27)23-16-7-5-4-6-13(16)2/h8-11,13,16H,3-7,12H2,1-2H3,(H,23,27)/t13-,16+/m0/s1. The summed E-state index contributed by atoms with van der Waals surface area (Å²) in [6.45, 7) is 4.97. The third-order valence-corrected chi connectivity index (χ3v) is 6.98. The third-order valence-electron chi connectivity index (χ3n) is 5.52. The van der Waals surface area contributed by atoms with Gasteiger partial charge in [0.2, 0.25) is 11.7 Å². The van der Waals surface area contributed by atoms with Gasteiger partial charge in [-0.25, -0.2) is 0 Å². The van der Waals surface area contributed by atoms with Crippen LogP contribution in [-0.2, 0) is 11.3 Å². The third kappa shape index (κ3) is 4.53. The van der Waals surface area contributed by atoms with E-state index in [9.17, 15) is 4.79 Å². The van der Waals surface area contributed by atoms with E-state index in [0.29, 0.717) is 35.8 Å². The van der Waals surface area contributed by atoms with Gasteiger partial charge >= 0.3 is 0 Å². The van der Waals surface area contributed by atoms with Crippen molar-refractivity contribution < 1.29 is 9.21 Å². The van der Waals surface area contributed by atoms with Crippen molar-refractivity contribution in [2.24, 2.45) is 5.92 Å². The second-order valence-electron chi connectivity index (χ2n) is 7.57. The molecule has 0 aliphatic heterocycles. The number of aromatic nitrogens is 3. The molecule has 8 heteroatoms. The summed E-state index contributed by atoms with van der Waals surface area (Å²) >= 11 is 4.91. The smallest absolute Gasteiger partial charge is 0.230 e. The Hall–Kier alpha value is -1.80. The minimum Gasteiger partial charge on any atom is -0.453 e. The topological polar surface area (TPSA) is 73.0 Å². The van der Waals surface area contributed by atoms with Crippen LogP contribution < -0.4 is 5.32 Å². The first-order chi connectivity index (χ1) is 14.0. The largest absolute Gasteiger partial charge is 0.453 e. The number of amides is 1. The maximum Gasteiger partial charge on any atom is 0.230 e. The first-order valence-electron chi connectivity index (χ1n) is 10.1. The Morgan fingerprint density at radius 2 is 2.14 bits per heavy atom. The molecule has 4 rings (SSSR count). The van der Waals surface area contributed by atoms with Crippen LogP contribution in [0.5, 0.6) is 0 Å². The van der Waals surface area contributed by atoms with Gasteiger partial charge in [0.05, 0.1) is 5.75 Å². The highest BCUT2D eigenvalue weighted by molar-refractivity contribution is 9.10. The number of carbonyl (C=O) groups excluding carboxylic acids is 1. The first kappa shape index (κ1) is 20.5. The monoisotopic (exact) mass is 476 g/mol. The molecule has 2 heterocycles. The zero-order valence-electron chi connectivity index (χ0n) is 16.7. The summed E-state index contributed by atoms with van der Waals surface area (Å²) in [5.41, 5.74) is 0.809. The van der Waals surface area contributed by atoms with Gasteiger partial charge in [-0.1, -0.05) is 47.5 Å². The number of hydrogen-bond acceptors (Lipinski definition) is 5. The maximum absolute atomic E-state index is 12.4. The molecule has 0 bridgehead atoms. The van der Waals surface area contributed by atoms with Gasteiger partial charge in [-0.15, -0.1) is 10.2 Å². The van der Waals surface area contributed by atoms with Crippen LogP contribution in [0, 0.1) is 5.92 Å². The molecule has 1 saturated carbocycles. The quantitative estimate of drug-likeness (QED) is 0.491. The van der Waals surface area contributed by atoms with Gasteiger partial charge in [0.25, 0.3) is 0 Å². The molecule has 1 fully saturated rings. The Bertz CT molecular complexity index is 1020. The fourth-order valence-electron chi connectivity index (χ4n) is 3.90. The molecule has 2 atom stereocenters. The van der Waals surface area contributed by atoms with Crippen LogP contribution in [-0.4, -0.2) is 32.5 Å². The highest BCUT2D eigenvalue weighted by atomic mass is 79.9. The van der Waals surface area contributed by atoms with E-state index in [2.05, 4.69) is 38.4 Å². The Kier molecular flexibility index (Phi) is 6.29. The van der Waals surface area contributed by atoms with Crippen LogP contribution >= 0.6 is 27.7 Å². The highest BCUT2D eigenvalue weighted by Gasteiger charge is 2.23. The summed E-state index contributed by atoms with van der Waals surface area (Å²) in [7, 11) is 0. The lowest BCUT2D eigenvalue weighted by molar-refractivity contribution is -0.119. The van der Waals surface area contributed by atoms with Crippen LogP contribution in [0.2, 0.25) is 0 Å². The molecule has 1 aliphatic rings. The average Bonchev–Trinajstić information content (AvgIpc) is 3.31. The van der Waals surface area contributed by atoms with Crippen LogP contribution in [0.1, 0.15) is 39.5 Å². The second kappa shape index (κ2) is 8.92. The fraction of sp³-hybridized carbons (Fsp3) is 0.476. The second-order valence-corrected chi connectivity index (χ2v) is 9.43. The van der Waals surface area contributed by atoms with E-state index in [-0.39, 0.29) is 5.91 Å². The number of halogens is 1. The van der Waals surface area contributed by atoms with Gasteiger partial charge in [-0.3, -0.25) is 9.36 Å². The Morgan fingerprint density at radius 1 is 1.31 bits per heavy atom. The van der Waals surface area contributed by atoms with Crippen molar-refractivity contribution in [1.29, 1.82) is 0 Å². The van der Waals surface area contributed by atoms with Crippen molar-refractivity contribution in [1.82, 2.24) is 20.1 Å². The Labute approximate surface area is 183 Å². The fourth-order valence-corrected chi connectivity index (χ4v) is 5.09. The maximum atomic E-state index is 12.4. The van der Waals surface area contributed by atoms with Gasteiger partial charge in [0.15, 0.2) is 10.9 Å². The molecular weight excluding hydrogens is 452 g/mol. The lowest BCUT2D eigenvalue weighted by Gasteiger charge is -2.29. The summed E-state index contributed by atoms with van der Waals surface area (Å²) < 4.78 is 8.97. The molecule has 0 unspecified atom stereocenters. The molecule has 6 nitrogen and oxygen atoms in total. The summed E-state index contributed by atoms with van der Waals surface area (Å²) in [5.74, 6) is 2.32. The Morgan fingerprint density at radius 3 is 2.93 bits per heavy atom. The van der Waals surface area contributed by atoms with E-state index in [1.54, 1.807) is 0 Å². The summed E-state index contributed by atoms with van der Waals surface area (Å²) in [5, 5.41) is 13.6.